The molecule has 0 unspecified atom stereocenters. The van der Waals surface area contributed by atoms with Crippen LogP contribution in [0.5, 0.6) is 0 Å². The third kappa shape index (κ3) is 3.79. The highest BCUT2D eigenvalue weighted by atomic mass is 15.3. The molecule has 0 bridgehead atoms. The Morgan fingerprint density at radius 3 is 2.38 bits per heavy atom. The Balaban J connectivity index is 2.37. The van der Waals surface area contributed by atoms with Crippen molar-refractivity contribution in [2.24, 2.45) is 5.10 Å². The molecule has 1 saturated carbocycles. The Hall–Kier alpha value is -0.530. The fourth-order valence-corrected chi connectivity index (χ4v) is 1.38. The molecule has 0 amide bonds. The number of hydrazone groups is 1. The number of rotatable bonds is 3. The maximum absolute atomic E-state index is 4.49. The lowest BCUT2D eigenvalue weighted by molar-refractivity contribution is 0.385. The summed E-state index contributed by atoms with van der Waals surface area (Å²) in [6.07, 6.45) is 7.56. The van der Waals surface area contributed by atoms with Crippen LogP contribution in [0.2, 0.25) is 0 Å². The fraction of sp³-hybridized carbons (Fsp3) is 0.909. The van der Waals surface area contributed by atoms with Crippen LogP contribution in [-0.2, 0) is 0 Å². The van der Waals surface area contributed by atoms with Crippen molar-refractivity contribution >= 4 is 5.71 Å². The molecule has 1 N–H and O–H groups in total. The Morgan fingerprint density at radius 2 is 1.85 bits per heavy atom. The molecule has 0 heterocycles. The standard InChI is InChI=1S/C11H22N2/c1-4-11(2,3)13-12-10-8-6-5-7-9-10/h13H,4-9H2,1-3H3. The lowest BCUT2D eigenvalue weighted by Crippen LogP contribution is -2.35. The third-order valence-corrected chi connectivity index (χ3v) is 2.83. The Labute approximate surface area is 81.8 Å². The summed E-state index contributed by atoms with van der Waals surface area (Å²) in [7, 11) is 0. The van der Waals surface area contributed by atoms with Crippen molar-refractivity contribution in [1.29, 1.82) is 0 Å². The van der Waals surface area contributed by atoms with Gasteiger partial charge in [-0.3, -0.25) is 0 Å². The van der Waals surface area contributed by atoms with E-state index in [0.29, 0.717) is 0 Å². The second kappa shape index (κ2) is 4.64. The summed E-state index contributed by atoms with van der Waals surface area (Å²) in [5.74, 6) is 0. The van der Waals surface area contributed by atoms with E-state index in [1.807, 2.05) is 0 Å². The highest BCUT2D eigenvalue weighted by Crippen LogP contribution is 2.15. The van der Waals surface area contributed by atoms with E-state index in [1.165, 1.54) is 37.8 Å². The van der Waals surface area contributed by atoms with Crippen LogP contribution in [0.3, 0.4) is 0 Å². The molecule has 76 valence electrons. The number of nitrogens with one attached hydrogen (secondary N) is 1. The van der Waals surface area contributed by atoms with Gasteiger partial charge in [0.2, 0.25) is 0 Å². The normalized spacial score (nSPS) is 18.5. The maximum atomic E-state index is 4.49. The lowest BCUT2D eigenvalue weighted by atomic mass is 9.99. The summed E-state index contributed by atoms with van der Waals surface area (Å²) in [5, 5.41) is 4.49. The summed E-state index contributed by atoms with van der Waals surface area (Å²) in [6, 6.07) is 0. The number of hydrogen-bond acceptors (Lipinski definition) is 2. The molecule has 0 saturated heterocycles. The minimum absolute atomic E-state index is 0.157. The van der Waals surface area contributed by atoms with Gasteiger partial charge in [-0.05, 0) is 46.0 Å². The van der Waals surface area contributed by atoms with Crippen LogP contribution < -0.4 is 5.43 Å². The fourth-order valence-electron chi connectivity index (χ4n) is 1.38. The van der Waals surface area contributed by atoms with Crippen molar-refractivity contribution in [3.63, 3.8) is 0 Å². The first-order chi connectivity index (χ1) is 6.14. The van der Waals surface area contributed by atoms with Crippen molar-refractivity contribution < 1.29 is 0 Å². The molecule has 2 nitrogen and oxygen atoms in total. The van der Waals surface area contributed by atoms with E-state index < -0.39 is 0 Å². The molecule has 0 atom stereocenters. The van der Waals surface area contributed by atoms with Crippen LogP contribution in [-0.4, -0.2) is 11.3 Å². The van der Waals surface area contributed by atoms with E-state index in [9.17, 15) is 0 Å². The summed E-state index contributed by atoms with van der Waals surface area (Å²) >= 11 is 0. The SMILES string of the molecule is CCC(C)(C)NN=C1CCCCC1. The molecule has 1 aliphatic carbocycles. The smallest absolute Gasteiger partial charge is 0.0490 e. The monoisotopic (exact) mass is 182 g/mol. The zero-order chi connectivity index (χ0) is 9.73. The zero-order valence-corrected chi connectivity index (χ0v) is 9.19. The average Bonchev–Trinajstić information content (AvgIpc) is 2.17. The van der Waals surface area contributed by atoms with E-state index in [1.54, 1.807) is 0 Å². The van der Waals surface area contributed by atoms with Gasteiger partial charge >= 0.3 is 0 Å². The molecular formula is C11H22N2. The van der Waals surface area contributed by atoms with Gasteiger partial charge in [-0.15, -0.1) is 0 Å². The van der Waals surface area contributed by atoms with Gasteiger partial charge in [-0.2, -0.15) is 5.10 Å². The Kier molecular flexibility index (Phi) is 3.76. The molecule has 1 aliphatic rings. The van der Waals surface area contributed by atoms with Crippen molar-refractivity contribution in [2.75, 3.05) is 0 Å². The van der Waals surface area contributed by atoms with Crippen molar-refractivity contribution in [3.05, 3.63) is 0 Å². The first kappa shape index (κ1) is 10.6. The van der Waals surface area contributed by atoms with Gasteiger partial charge in [0.25, 0.3) is 0 Å². The van der Waals surface area contributed by atoms with Crippen LogP contribution in [0, 0.1) is 0 Å². The minimum Gasteiger partial charge on any atom is -0.305 e. The predicted octanol–water partition coefficient (Wildman–Crippen LogP) is 3.08. The van der Waals surface area contributed by atoms with Gasteiger partial charge in [-0.1, -0.05) is 13.3 Å². The lowest BCUT2D eigenvalue weighted by Gasteiger charge is -2.23. The van der Waals surface area contributed by atoms with E-state index >= 15 is 0 Å². The molecule has 13 heavy (non-hydrogen) atoms. The topological polar surface area (TPSA) is 24.4 Å². The molecule has 0 radical (unpaired) electrons. The minimum atomic E-state index is 0.157. The van der Waals surface area contributed by atoms with Crippen molar-refractivity contribution in [2.45, 2.75) is 64.8 Å². The largest absolute Gasteiger partial charge is 0.305 e. The van der Waals surface area contributed by atoms with E-state index in [2.05, 4.69) is 31.3 Å². The van der Waals surface area contributed by atoms with Crippen LogP contribution >= 0.6 is 0 Å². The first-order valence-electron chi connectivity index (χ1n) is 5.46. The summed E-state index contributed by atoms with van der Waals surface area (Å²) in [6.45, 7) is 6.58. The molecule has 0 aromatic carbocycles. The van der Waals surface area contributed by atoms with Gasteiger partial charge in [-0.25, -0.2) is 0 Å². The molecule has 1 fully saturated rings. The Morgan fingerprint density at radius 1 is 1.23 bits per heavy atom. The molecule has 1 rings (SSSR count). The van der Waals surface area contributed by atoms with Gasteiger partial charge < -0.3 is 5.43 Å². The van der Waals surface area contributed by atoms with E-state index in [0.717, 1.165) is 6.42 Å². The maximum Gasteiger partial charge on any atom is 0.0490 e. The average molecular weight is 182 g/mol. The molecule has 0 aliphatic heterocycles. The van der Waals surface area contributed by atoms with Crippen molar-refractivity contribution in [1.82, 2.24) is 5.43 Å². The van der Waals surface area contributed by atoms with Gasteiger partial charge in [0.1, 0.15) is 0 Å². The number of nitrogens with zero attached hydrogens (tertiary/aromatic N) is 1. The van der Waals surface area contributed by atoms with Crippen molar-refractivity contribution in [3.8, 4) is 0 Å². The quantitative estimate of drug-likeness (QED) is 0.666. The summed E-state index contributed by atoms with van der Waals surface area (Å²) in [5.41, 5.74) is 4.79. The molecular weight excluding hydrogens is 160 g/mol. The van der Waals surface area contributed by atoms with E-state index in [4.69, 9.17) is 0 Å². The Bertz CT molecular complexity index is 175. The highest BCUT2D eigenvalue weighted by Gasteiger charge is 2.13. The van der Waals surface area contributed by atoms with Crippen LogP contribution in [0.4, 0.5) is 0 Å². The first-order valence-corrected chi connectivity index (χ1v) is 5.46. The summed E-state index contributed by atoms with van der Waals surface area (Å²) < 4.78 is 0. The highest BCUT2D eigenvalue weighted by molar-refractivity contribution is 5.84. The molecule has 2 heteroatoms. The predicted molar refractivity (Wildman–Crippen MR) is 58.0 cm³/mol. The van der Waals surface area contributed by atoms with Gasteiger partial charge in [0.15, 0.2) is 0 Å². The number of hydrogen-bond donors (Lipinski definition) is 1. The molecule has 0 aromatic heterocycles. The van der Waals surface area contributed by atoms with E-state index in [-0.39, 0.29) is 5.54 Å². The van der Waals surface area contributed by atoms with Crippen LogP contribution in [0.1, 0.15) is 59.3 Å². The molecule has 0 aromatic rings. The molecule has 0 spiro atoms. The van der Waals surface area contributed by atoms with Crippen LogP contribution in [0.25, 0.3) is 0 Å². The second-order valence-electron chi connectivity index (χ2n) is 4.59. The van der Waals surface area contributed by atoms with Gasteiger partial charge in [0, 0.05) is 11.3 Å². The third-order valence-electron chi connectivity index (χ3n) is 2.83. The van der Waals surface area contributed by atoms with Crippen LogP contribution in [0.15, 0.2) is 5.10 Å². The summed E-state index contributed by atoms with van der Waals surface area (Å²) in [4.78, 5) is 0. The van der Waals surface area contributed by atoms with Gasteiger partial charge in [0.05, 0.1) is 0 Å². The second-order valence-corrected chi connectivity index (χ2v) is 4.59. The zero-order valence-electron chi connectivity index (χ0n) is 9.19.